The quantitative estimate of drug-likeness (QED) is 0.362. The van der Waals surface area contributed by atoms with Gasteiger partial charge in [-0.1, -0.05) is 0 Å². The van der Waals surface area contributed by atoms with Gasteiger partial charge in [-0.2, -0.15) is 65.9 Å². The molecule has 1 unspecified atom stereocenters. The van der Waals surface area contributed by atoms with Crippen LogP contribution in [0.2, 0.25) is 0 Å². The Bertz CT molecular complexity index is 678. The number of halogens is 16. The molecule has 26 heavy (non-hydrogen) atoms. The summed E-state index contributed by atoms with van der Waals surface area (Å²) in [5.74, 6) is -44.5. The summed E-state index contributed by atoms with van der Waals surface area (Å²) in [7, 11) is 0. The van der Waals surface area contributed by atoms with Crippen LogP contribution in [-0.4, -0.2) is 47.4 Å². The fraction of sp³-hybridized carbons (Fsp3) is 0.800. The minimum absolute atomic E-state index is 4.66. The van der Waals surface area contributed by atoms with Gasteiger partial charge in [0.2, 0.25) is 0 Å². The summed E-state index contributed by atoms with van der Waals surface area (Å²) in [6, 6.07) is 0. The Balaban J connectivity index is 3.12. The van der Waals surface area contributed by atoms with Gasteiger partial charge >= 0.3 is 47.4 Å². The number of alkyl halides is 16. The first-order chi connectivity index (χ1) is 11.0. The average molecular weight is 424 g/mol. The van der Waals surface area contributed by atoms with Crippen LogP contribution in [0.4, 0.5) is 70.2 Å². The highest BCUT2D eigenvalue weighted by atomic mass is 19.4. The summed E-state index contributed by atoms with van der Waals surface area (Å²) >= 11 is 0. The van der Waals surface area contributed by atoms with E-state index >= 15 is 0 Å². The third-order valence-electron chi connectivity index (χ3n) is 3.94. The van der Waals surface area contributed by atoms with Gasteiger partial charge in [0.25, 0.3) is 0 Å². The molecule has 0 saturated heterocycles. The first-order valence-electron chi connectivity index (χ1n) is 5.77. The van der Waals surface area contributed by atoms with E-state index in [4.69, 9.17) is 0 Å². The lowest BCUT2D eigenvalue weighted by molar-refractivity contribution is -0.400. The molecular weight excluding hydrogens is 424 g/mol. The van der Waals surface area contributed by atoms with Crippen LogP contribution in [0.3, 0.4) is 0 Å². The van der Waals surface area contributed by atoms with Crippen LogP contribution in [0.5, 0.6) is 0 Å². The van der Waals surface area contributed by atoms with Crippen molar-refractivity contribution in [2.75, 3.05) is 0 Å². The van der Waals surface area contributed by atoms with Crippen molar-refractivity contribution >= 4 is 0 Å². The third kappa shape index (κ3) is 1.63. The van der Waals surface area contributed by atoms with E-state index < -0.39 is 58.5 Å². The van der Waals surface area contributed by atoms with Crippen LogP contribution in [0.1, 0.15) is 0 Å². The van der Waals surface area contributed by atoms with Crippen molar-refractivity contribution in [1.29, 1.82) is 0 Å². The molecule has 152 valence electrons. The lowest BCUT2D eigenvalue weighted by Crippen LogP contribution is -2.75. The molecule has 0 bridgehead atoms. The highest BCUT2D eigenvalue weighted by molar-refractivity contribution is 5.55. The minimum Gasteiger partial charge on any atom is -0.219 e. The predicted molar refractivity (Wildman–Crippen MR) is 46.6 cm³/mol. The molecule has 0 aromatic rings. The molecule has 0 spiro atoms. The van der Waals surface area contributed by atoms with Gasteiger partial charge in [-0.05, 0) is 0 Å². The van der Waals surface area contributed by atoms with Gasteiger partial charge in [-0.25, -0.2) is 4.39 Å². The molecule has 2 rings (SSSR count). The average Bonchev–Trinajstić information content (AvgIpc) is 2.49. The topological polar surface area (TPSA) is 0 Å². The van der Waals surface area contributed by atoms with E-state index in [1.807, 2.05) is 0 Å². The second-order valence-corrected chi connectivity index (χ2v) is 5.35. The summed E-state index contributed by atoms with van der Waals surface area (Å²) < 4.78 is 211. The molecule has 0 aliphatic heterocycles. The first-order valence-corrected chi connectivity index (χ1v) is 5.77. The molecule has 0 heterocycles. The zero-order chi connectivity index (χ0) is 21.2. The first kappa shape index (κ1) is 20.9. The molecule has 0 aromatic carbocycles. The SMILES string of the molecule is FC(F)(F)C1(F)C(F)(F)C2=C(C(F)(F)C(F)(F)C2(F)F)C(F)(F)C1(F)F. The van der Waals surface area contributed by atoms with Crippen molar-refractivity contribution in [2.45, 2.75) is 47.4 Å². The standard InChI is InChI=1S/C10F16/c11-3(12)1-2(5(15,16)8(20,21)4(1,13)14)6(17,18)9(22,23)7(3,19)10(24,25)26. The van der Waals surface area contributed by atoms with Gasteiger partial charge in [0.15, 0.2) is 0 Å². The Labute approximate surface area is 130 Å². The Morgan fingerprint density at radius 1 is 0.423 bits per heavy atom. The van der Waals surface area contributed by atoms with Gasteiger partial charge in [0.05, 0.1) is 11.1 Å². The summed E-state index contributed by atoms with van der Waals surface area (Å²) in [4.78, 5) is 0. The Hall–Kier alpha value is -1.38. The van der Waals surface area contributed by atoms with Crippen LogP contribution in [0.25, 0.3) is 0 Å². The van der Waals surface area contributed by atoms with Gasteiger partial charge < -0.3 is 0 Å². The summed E-state index contributed by atoms with van der Waals surface area (Å²) in [6.07, 6.45) is -7.76. The smallest absolute Gasteiger partial charge is 0.219 e. The summed E-state index contributed by atoms with van der Waals surface area (Å²) in [6.45, 7) is 0. The van der Waals surface area contributed by atoms with Gasteiger partial charge in [-0.3, -0.25) is 0 Å². The molecule has 0 nitrogen and oxygen atoms in total. The molecule has 0 N–H and O–H groups in total. The second-order valence-electron chi connectivity index (χ2n) is 5.35. The van der Waals surface area contributed by atoms with Crippen molar-refractivity contribution in [2.24, 2.45) is 0 Å². The number of hydrogen-bond acceptors (Lipinski definition) is 0. The van der Waals surface area contributed by atoms with Crippen molar-refractivity contribution in [3.63, 3.8) is 0 Å². The Morgan fingerprint density at radius 2 is 0.692 bits per heavy atom. The van der Waals surface area contributed by atoms with Crippen LogP contribution < -0.4 is 0 Å². The van der Waals surface area contributed by atoms with Crippen LogP contribution >= 0.6 is 0 Å². The van der Waals surface area contributed by atoms with E-state index in [2.05, 4.69) is 0 Å². The lowest BCUT2D eigenvalue weighted by Gasteiger charge is -2.47. The van der Waals surface area contributed by atoms with E-state index in [9.17, 15) is 70.2 Å². The van der Waals surface area contributed by atoms with E-state index in [-0.39, 0.29) is 0 Å². The molecule has 0 saturated carbocycles. The third-order valence-corrected chi connectivity index (χ3v) is 3.94. The predicted octanol–water partition coefficient (Wildman–Crippen LogP) is 5.39. The maximum atomic E-state index is 13.7. The molecule has 16 heteroatoms. The van der Waals surface area contributed by atoms with Gasteiger partial charge in [0, 0.05) is 0 Å². The number of rotatable bonds is 0. The van der Waals surface area contributed by atoms with E-state index in [1.165, 1.54) is 0 Å². The van der Waals surface area contributed by atoms with Crippen molar-refractivity contribution in [3.8, 4) is 0 Å². The van der Waals surface area contributed by atoms with E-state index in [0.717, 1.165) is 0 Å². The van der Waals surface area contributed by atoms with Crippen LogP contribution in [0.15, 0.2) is 11.1 Å². The van der Waals surface area contributed by atoms with Gasteiger partial charge in [-0.15, -0.1) is 0 Å². The largest absolute Gasteiger partial charge is 0.435 e. The van der Waals surface area contributed by atoms with Crippen molar-refractivity contribution in [1.82, 2.24) is 0 Å². The Kier molecular flexibility index (Phi) is 3.51. The van der Waals surface area contributed by atoms with Crippen molar-refractivity contribution in [3.05, 3.63) is 11.1 Å². The molecule has 0 aromatic heterocycles. The zero-order valence-corrected chi connectivity index (χ0v) is 11.0. The number of allylic oxidation sites excluding steroid dienone is 2. The highest BCUT2D eigenvalue weighted by Crippen LogP contribution is 2.75. The maximum absolute atomic E-state index is 13.7. The monoisotopic (exact) mass is 424 g/mol. The highest BCUT2D eigenvalue weighted by Gasteiger charge is 3.00. The lowest BCUT2D eigenvalue weighted by atomic mass is 9.72. The molecule has 2 aliphatic rings. The van der Waals surface area contributed by atoms with Crippen LogP contribution in [-0.2, 0) is 0 Å². The zero-order valence-electron chi connectivity index (χ0n) is 11.0. The summed E-state index contributed by atoms with van der Waals surface area (Å²) in [5.41, 5.74) is -17.3. The van der Waals surface area contributed by atoms with E-state index in [1.54, 1.807) is 0 Å². The molecule has 2 aliphatic carbocycles. The molecule has 1 atom stereocenters. The van der Waals surface area contributed by atoms with E-state index in [0.29, 0.717) is 0 Å². The van der Waals surface area contributed by atoms with Gasteiger partial charge in [0.1, 0.15) is 0 Å². The second kappa shape index (κ2) is 4.36. The van der Waals surface area contributed by atoms with Crippen LogP contribution in [0, 0.1) is 0 Å². The van der Waals surface area contributed by atoms with Crippen molar-refractivity contribution < 1.29 is 70.2 Å². The molecule has 0 fully saturated rings. The fourth-order valence-electron chi connectivity index (χ4n) is 2.63. The number of hydrogen-bond donors (Lipinski definition) is 0. The molecule has 0 amide bonds. The summed E-state index contributed by atoms with van der Waals surface area (Å²) in [5, 5.41) is 0. The minimum atomic E-state index is -7.89. The maximum Gasteiger partial charge on any atom is 0.435 e. The Morgan fingerprint density at radius 3 is 1.00 bits per heavy atom. The normalized spacial score (nSPS) is 36.0. The molecular formula is C10F16. The fourth-order valence-corrected chi connectivity index (χ4v) is 2.63. The molecule has 0 radical (unpaired) electrons.